The van der Waals surface area contributed by atoms with E-state index in [1.807, 2.05) is 0 Å². The van der Waals surface area contributed by atoms with E-state index in [1.165, 1.54) is 10.7 Å². The Balaban J connectivity index is 1.70. The Hall–Kier alpha value is -3.81. The Bertz CT molecular complexity index is 1370. The van der Waals surface area contributed by atoms with Gasteiger partial charge in [0.1, 0.15) is 12.9 Å². The highest BCUT2D eigenvalue weighted by Gasteiger charge is 2.35. The maximum atomic E-state index is 13.7. The number of aromatic nitrogens is 3. The number of hydrogen-bond acceptors (Lipinski definition) is 6. The van der Waals surface area contributed by atoms with Gasteiger partial charge in [-0.15, -0.1) is 5.10 Å². The van der Waals surface area contributed by atoms with E-state index in [0.29, 0.717) is 22.4 Å². The van der Waals surface area contributed by atoms with E-state index in [4.69, 9.17) is 9.84 Å². The summed E-state index contributed by atoms with van der Waals surface area (Å²) in [5.41, 5.74) is 2.09. The highest BCUT2D eigenvalue weighted by Crippen LogP contribution is 2.30. The first-order chi connectivity index (χ1) is 17.9. The molecule has 14 heteroatoms. The smallest absolute Gasteiger partial charge is 0.390 e. The minimum Gasteiger partial charge on any atom is -0.442 e. The molecule has 0 radical (unpaired) electrons. The molecule has 1 saturated carbocycles. The number of aliphatic hydroxyl groups excluding tert-OH is 1. The first kappa shape index (κ1) is 27.2. The number of nitrogens with one attached hydrogen (secondary N) is 2. The third kappa shape index (κ3) is 6.36. The van der Waals surface area contributed by atoms with Crippen LogP contribution in [0, 0.1) is 6.92 Å². The van der Waals surface area contributed by atoms with Crippen LogP contribution in [-0.4, -0.2) is 56.9 Å². The largest absolute Gasteiger partial charge is 0.442 e. The minimum atomic E-state index is -4.44. The van der Waals surface area contributed by atoms with E-state index in [9.17, 15) is 31.1 Å². The summed E-state index contributed by atoms with van der Waals surface area (Å²) in [6, 6.07) is 6.19. The van der Waals surface area contributed by atoms with Gasteiger partial charge < -0.3 is 20.5 Å². The Labute approximate surface area is 212 Å². The van der Waals surface area contributed by atoms with Gasteiger partial charge in [-0.1, -0.05) is 6.07 Å². The molecule has 38 heavy (non-hydrogen) atoms. The molecule has 1 aliphatic carbocycles. The number of imidazole rings is 1. The molecule has 2 heterocycles. The lowest BCUT2D eigenvalue weighted by molar-refractivity contribution is -0.131. The third-order valence-corrected chi connectivity index (χ3v) is 5.68. The lowest BCUT2D eigenvalue weighted by Crippen LogP contribution is -2.26. The number of nitrogens with zero attached hydrogens (tertiary/aromatic N) is 3. The number of ether oxygens (including phenoxy) is 1. The van der Waals surface area contributed by atoms with Crippen molar-refractivity contribution >= 4 is 17.2 Å². The molecular formula is C24H23F6N5O3. The number of rotatable bonds is 10. The van der Waals surface area contributed by atoms with Crippen LogP contribution in [0.4, 0.5) is 32.0 Å². The van der Waals surface area contributed by atoms with Gasteiger partial charge in [0.25, 0.3) is 5.91 Å². The lowest BCUT2D eigenvalue weighted by Gasteiger charge is -2.13. The third-order valence-electron chi connectivity index (χ3n) is 5.68. The summed E-state index contributed by atoms with van der Waals surface area (Å²) < 4.78 is 84.5. The molecule has 3 aromatic rings. The fourth-order valence-electron chi connectivity index (χ4n) is 3.51. The summed E-state index contributed by atoms with van der Waals surface area (Å²) in [4.78, 5) is 16.7. The van der Waals surface area contributed by atoms with Crippen LogP contribution in [0.2, 0.25) is 0 Å². The van der Waals surface area contributed by atoms with Crippen LogP contribution in [-0.2, 0) is 0 Å². The van der Waals surface area contributed by atoms with Crippen LogP contribution in [0.1, 0.15) is 35.2 Å². The fourth-order valence-corrected chi connectivity index (χ4v) is 3.51. The Morgan fingerprint density at radius 3 is 2.61 bits per heavy atom. The lowest BCUT2D eigenvalue weighted by atomic mass is 10.0. The van der Waals surface area contributed by atoms with Gasteiger partial charge in [-0.2, -0.15) is 22.0 Å². The van der Waals surface area contributed by atoms with E-state index < -0.39 is 43.4 Å². The van der Waals surface area contributed by atoms with Crippen molar-refractivity contribution in [1.29, 1.82) is 0 Å². The van der Waals surface area contributed by atoms with Gasteiger partial charge in [0.15, 0.2) is 5.65 Å². The van der Waals surface area contributed by atoms with Gasteiger partial charge >= 0.3 is 12.1 Å². The van der Waals surface area contributed by atoms with Gasteiger partial charge in [-0.05, 0) is 37.5 Å². The van der Waals surface area contributed by atoms with E-state index in [-0.39, 0.29) is 29.5 Å². The number of amides is 1. The summed E-state index contributed by atoms with van der Waals surface area (Å²) in [5.74, 6) is -6.92. The van der Waals surface area contributed by atoms with Gasteiger partial charge in [-0.25, -0.2) is 13.9 Å². The van der Waals surface area contributed by atoms with Gasteiger partial charge in [-0.3, -0.25) is 4.79 Å². The molecule has 1 aliphatic rings. The van der Waals surface area contributed by atoms with Crippen LogP contribution < -0.4 is 15.4 Å². The number of aryl methyl sites for hydroxylation is 1. The Kier molecular flexibility index (Phi) is 7.54. The van der Waals surface area contributed by atoms with Crippen LogP contribution in [0.3, 0.4) is 0 Å². The molecule has 1 amide bonds. The van der Waals surface area contributed by atoms with Crippen molar-refractivity contribution in [2.45, 2.75) is 44.3 Å². The molecule has 0 unspecified atom stereocenters. The average Bonchev–Trinajstić information content (AvgIpc) is 3.56. The van der Waals surface area contributed by atoms with Crippen molar-refractivity contribution in [1.82, 2.24) is 19.9 Å². The maximum Gasteiger partial charge on any atom is 0.390 e. The monoisotopic (exact) mass is 543 g/mol. The number of alkyl halides is 5. The molecule has 0 bridgehead atoms. The van der Waals surface area contributed by atoms with Gasteiger partial charge in [0.2, 0.25) is 11.7 Å². The highest BCUT2D eigenvalue weighted by atomic mass is 19.4. The van der Waals surface area contributed by atoms with Crippen molar-refractivity contribution in [3.05, 3.63) is 53.7 Å². The molecule has 2 aromatic heterocycles. The molecule has 4 rings (SSSR count). The zero-order valence-electron chi connectivity index (χ0n) is 20.0. The topological polar surface area (TPSA) is 101 Å². The van der Waals surface area contributed by atoms with Crippen molar-refractivity contribution in [2.24, 2.45) is 0 Å². The Morgan fingerprint density at radius 2 is 1.97 bits per heavy atom. The zero-order chi connectivity index (χ0) is 27.7. The molecule has 1 fully saturated rings. The van der Waals surface area contributed by atoms with Crippen LogP contribution in [0.15, 0.2) is 42.6 Å². The quantitative estimate of drug-likeness (QED) is 0.252. The molecule has 0 spiro atoms. The number of hydrogen-bond donors (Lipinski definition) is 3. The maximum absolute atomic E-state index is 13.7. The first-order valence-electron chi connectivity index (χ1n) is 11.5. The molecule has 0 aliphatic heterocycles. The van der Waals surface area contributed by atoms with Gasteiger partial charge in [0.05, 0.1) is 24.0 Å². The summed E-state index contributed by atoms with van der Waals surface area (Å²) >= 11 is 0. The molecule has 0 saturated heterocycles. The molecule has 3 N–H and O–H groups in total. The number of carbonyl (C=O) groups excluding carboxylic acids is 1. The predicted molar refractivity (Wildman–Crippen MR) is 125 cm³/mol. The minimum absolute atomic E-state index is 0.0189. The number of benzene rings is 1. The Morgan fingerprint density at radius 1 is 1.24 bits per heavy atom. The van der Waals surface area contributed by atoms with Crippen molar-refractivity contribution in [2.75, 3.05) is 18.5 Å². The zero-order valence-corrected chi connectivity index (χ0v) is 20.0. The summed E-state index contributed by atoms with van der Waals surface area (Å²) in [6.45, 7) is -0.605. The number of halogens is 6. The number of aliphatic hydroxyl groups is 1. The molecule has 8 nitrogen and oxygen atoms in total. The SMILES string of the molecule is Cc1cc(-c2cnc3c(NCCC(F)(F)F)cc(O/C=C(/F)C(F)(F)CO)nn23)ccc1C(=O)NC1CC1. The number of carbonyl (C=O) groups is 1. The van der Waals surface area contributed by atoms with Crippen LogP contribution in [0.25, 0.3) is 16.9 Å². The second kappa shape index (κ2) is 10.5. The number of fused-ring (bicyclic) bond motifs is 1. The predicted octanol–water partition coefficient (Wildman–Crippen LogP) is 4.78. The highest BCUT2D eigenvalue weighted by molar-refractivity contribution is 5.96. The van der Waals surface area contributed by atoms with Gasteiger partial charge in [0, 0.05) is 29.8 Å². The summed E-state index contributed by atoms with van der Waals surface area (Å²) in [7, 11) is 0. The van der Waals surface area contributed by atoms with Crippen LogP contribution >= 0.6 is 0 Å². The summed E-state index contributed by atoms with van der Waals surface area (Å²) in [5, 5.41) is 18.2. The van der Waals surface area contributed by atoms with E-state index in [2.05, 4.69) is 20.7 Å². The molecule has 1 aromatic carbocycles. The van der Waals surface area contributed by atoms with Crippen LogP contribution in [0.5, 0.6) is 5.88 Å². The molecule has 0 atom stereocenters. The average molecular weight is 543 g/mol. The standard InChI is InChI=1S/C24H23F6N5O3/c1-13-8-14(2-5-16(13)22(37)33-15-3-4-15)18-10-32-21-17(31-7-6-24(28,29)30)9-20(34-35(18)21)38-11-19(25)23(26,27)12-36/h2,5,8-11,15,31,36H,3-4,6-7,12H2,1H3,(H,33,37)/b19-11+. The van der Waals surface area contributed by atoms with Crippen molar-refractivity contribution in [3.8, 4) is 17.1 Å². The normalized spacial score (nSPS) is 14.6. The molecular weight excluding hydrogens is 520 g/mol. The number of anilines is 1. The second-order valence-corrected chi connectivity index (χ2v) is 8.79. The van der Waals surface area contributed by atoms with E-state index >= 15 is 0 Å². The van der Waals surface area contributed by atoms with Crippen molar-refractivity contribution < 1.29 is 41.0 Å². The van der Waals surface area contributed by atoms with E-state index in [0.717, 1.165) is 18.9 Å². The van der Waals surface area contributed by atoms with E-state index in [1.54, 1.807) is 25.1 Å². The second-order valence-electron chi connectivity index (χ2n) is 8.79. The summed E-state index contributed by atoms with van der Waals surface area (Å²) in [6.07, 6.45) is -2.32. The first-order valence-corrected chi connectivity index (χ1v) is 11.5. The fraction of sp³-hybridized carbons (Fsp3) is 0.375. The van der Waals surface area contributed by atoms with Crippen molar-refractivity contribution in [3.63, 3.8) is 0 Å². The molecule has 204 valence electrons.